The number of rotatable bonds is 2. The molecular weight excluding hydrogens is 388 g/mol. The van der Waals surface area contributed by atoms with E-state index in [1.54, 1.807) is 12.1 Å². The predicted octanol–water partition coefficient (Wildman–Crippen LogP) is 3.15. The molecule has 3 fully saturated rings. The SMILES string of the molecule is O=C1[C@H]2[C@H](C(=O)N1c1ccc(Cl)c(F)c1)N1CCCN1[C@H]2c1ccc(F)cc1. The lowest BCUT2D eigenvalue weighted by Crippen LogP contribution is -2.44. The zero-order valence-electron chi connectivity index (χ0n) is 14.7. The normalized spacial score (nSPS) is 27.5. The summed E-state index contributed by atoms with van der Waals surface area (Å²) in [5, 5.41) is 3.90. The molecule has 5 rings (SSSR count). The van der Waals surface area contributed by atoms with Crippen LogP contribution in [-0.2, 0) is 9.59 Å². The first-order valence-corrected chi connectivity index (χ1v) is 9.46. The maximum atomic E-state index is 13.9. The number of imide groups is 1. The van der Waals surface area contributed by atoms with Gasteiger partial charge in [0.25, 0.3) is 5.91 Å². The number of halogens is 3. The predicted molar refractivity (Wildman–Crippen MR) is 98.4 cm³/mol. The molecule has 8 heteroatoms. The van der Waals surface area contributed by atoms with E-state index in [9.17, 15) is 18.4 Å². The van der Waals surface area contributed by atoms with E-state index in [1.165, 1.54) is 24.3 Å². The standard InChI is InChI=1S/C20H16ClF2N3O2/c21-14-7-6-13(10-15(14)23)26-19(27)16-17(11-2-4-12(22)5-3-11)24-8-1-9-25(24)18(16)20(26)28/h2-7,10,16-18H,1,8-9H2/t16-,17+,18-/m1/s1. The summed E-state index contributed by atoms with van der Waals surface area (Å²) in [7, 11) is 0. The summed E-state index contributed by atoms with van der Waals surface area (Å²) in [5.74, 6) is -2.41. The Balaban J connectivity index is 1.58. The molecule has 0 unspecified atom stereocenters. The number of fused-ring (bicyclic) bond motifs is 3. The van der Waals surface area contributed by atoms with Crippen molar-refractivity contribution in [3.8, 4) is 0 Å². The summed E-state index contributed by atoms with van der Waals surface area (Å²) in [4.78, 5) is 27.5. The zero-order chi connectivity index (χ0) is 19.6. The van der Waals surface area contributed by atoms with Crippen LogP contribution >= 0.6 is 11.6 Å². The average molecular weight is 404 g/mol. The van der Waals surface area contributed by atoms with Gasteiger partial charge in [-0.05, 0) is 42.3 Å². The van der Waals surface area contributed by atoms with Crippen molar-refractivity contribution in [2.75, 3.05) is 18.0 Å². The summed E-state index contributed by atoms with van der Waals surface area (Å²) in [6.07, 6.45) is 0.873. The Morgan fingerprint density at radius 1 is 0.893 bits per heavy atom. The number of nitrogens with zero attached hydrogens (tertiary/aromatic N) is 3. The van der Waals surface area contributed by atoms with Gasteiger partial charge < -0.3 is 0 Å². The minimum absolute atomic E-state index is 0.0713. The minimum atomic E-state index is -0.685. The van der Waals surface area contributed by atoms with Crippen LogP contribution < -0.4 is 4.90 Å². The monoisotopic (exact) mass is 403 g/mol. The van der Waals surface area contributed by atoms with Crippen LogP contribution in [0.15, 0.2) is 42.5 Å². The van der Waals surface area contributed by atoms with Crippen molar-refractivity contribution in [1.29, 1.82) is 0 Å². The number of carbonyl (C=O) groups excluding carboxylic acids is 2. The highest BCUT2D eigenvalue weighted by atomic mass is 35.5. The lowest BCUT2D eigenvalue weighted by atomic mass is 9.90. The summed E-state index contributed by atoms with van der Waals surface area (Å²) in [6, 6.07) is 8.94. The minimum Gasteiger partial charge on any atom is -0.274 e. The molecule has 144 valence electrons. The van der Waals surface area contributed by atoms with Gasteiger partial charge in [-0.15, -0.1) is 0 Å². The molecule has 0 radical (unpaired) electrons. The second kappa shape index (κ2) is 6.34. The Morgan fingerprint density at radius 2 is 1.57 bits per heavy atom. The molecule has 0 aliphatic carbocycles. The number of hydrogen-bond donors (Lipinski definition) is 0. The fourth-order valence-electron chi connectivity index (χ4n) is 4.65. The van der Waals surface area contributed by atoms with Crippen LogP contribution in [-0.4, -0.2) is 41.0 Å². The fourth-order valence-corrected chi connectivity index (χ4v) is 4.77. The summed E-state index contributed by atoms with van der Waals surface area (Å²) in [6.45, 7) is 1.39. The Labute approximate surface area is 165 Å². The van der Waals surface area contributed by atoms with Crippen molar-refractivity contribution in [3.63, 3.8) is 0 Å². The molecule has 0 spiro atoms. The van der Waals surface area contributed by atoms with E-state index >= 15 is 0 Å². The topological polar surface area (TPSA) is 43.9 Å². The van der Waals surface area contributed by atoms with E-state index in [1.807, 2.05) is 10.0 Å². The van der Waals surface area contributed by atoms with Gasteiger partial charge in [-0.2, -0.15) is 0 Å². The van der Waals surface area contributed by atoms with Crippen molar-refractivity contribution < 1.29 is 18.4 Å². The van der Waals surface area contributed by atoms with Gasteiger partial charge in [0.2, 0.25) is 5.91 Å². The first kappa shape index (κ1) is 17.7. The summed E-state index contributed by atoms with van der Waals surface area (Å²) < 4.78 is 27.3. The molecule has 3 atom stereocenters. The Bertz CT molecular complexity index is 984. The Kier molecular flexibility index (Phi) is 4.01. The second-order valence-electron chi connectivity index (χ2n) is 7.26. The molecule has 0 aromatic heterocycles. The molecule has 0 bridgehead atoms. The number of hydrazine groups is 1. The van der Waals surface area contributed by atoms with Crippen molar-refractivity contribution in [3.05, 3.63) is 64.7 Å². The Morgan fingerprint density at radius 3 is 2.25 bits per heavy atom. The van der Waals surface area contributed by atoms with E-state index < -0.39 is 17.8 Å². The highest BCUT2D eigenvalue weighted by Crippen LogP contribution is 2.49. The molecule has 2 amide bonds. The van der Waals surface area contributed by atoms with Gasteiger partial charge in [0.1, 0.15) is 17.7 Å². The van der Waals surface area contributed by atoms with Crippen LogP contribution in [0.4, 0.5) is 14.5 Å². The first-order chi connectivity index (χ1) is 13.5. The zero-order valence-corrected chi connectivity index (χ0v) is 15.4. The first-order valence-electron chi connectivity index (χ1n) is 9.09. The van der Waals surface area contributed by atoms with Gasteiger partial charge in [-0.3, -0.25) is 9.59 Å². The van der Waals surface area contributed by atoms with E-state index in [0.29, 0.717) is 6.54 Å². The largest absolute Gasteiger partial charge is 0.274 e. The van der Waals surface area contributed by atoms with Gasteiger partial charge in [0, 0.05) is 13.1 Å². The quantitative estimate of drug-likeness (QED) is 0.723. The van der Waals surface area contributed by atoms with Gasteiger partial charge in [0.05, 0.1) is 22.7 Å². The van der Waals surface area contributed by atoms with Crippen LogP contribution in [0.2, 0.25) is 5.02 Å². The molecule has 2 aromatic carbocycles. The van der Waals surface area contributed by atoms with Crippen molar-refractivity contribution in [2.45, 2.75) is 18.5 Å². The maximum Gasteiger partial charge on any atom is 0.253 e. The molecule has 3 saturated heterocycles. The third-order valence-corrected chi connectivity index (χ3v) is 6.09. The van der Waals surface area contributed by atoms with E-state index in [4.69, 9.17) is 11.6 Å². The van der Waals surface area contributed by atoms with Crippen LogP contribution in [0.1, 0.15) is 18.0 Å². The van der Waals surface area contributed by atoms with Gasteiger partial charge in [-0.25, -0.2) is 23.7 Å². The smallest absolute Gasteiger partial charge is 0.253 e. The molecule has 0 saturated carbocycles. The lowest BCUT2D eigenvalue weighted by molar-refractivity contribution is -0.126. The van der Waals surface area contributed by atoms with Crippen LogP contribution in [0.3, 0.4) is 0 Å². The summed E-state index contributed by atoms with van der Waals surface area (Å²) in [5.41, 5.74) is 0.959. The van der Waals surface area contributed by atoms with Crippen molar-refractivity contribution in [1.82, 2.24) is 10.0 Å². The van der Waals surface area contributed by atoms with Gasteiger partial charge in [-0.1, -0.05) is 23.7 Å². The number of hydrogen-bond acceptors (Lipinski definition) is 4. The molecule has 28 heavy (non-hydrogen) atoms. The average Bonchev–Trinajstić information content (AvgIpc) is 3.31. The highest BCUT2D eigenvalue weighted by molar-refractivity contribution is 6.31. The van der Waals surface area contributed by atoms with Crippen LogP contribution in [0.5, 0.6) is 0 Å². The van der Waals surface area contributed by atoms with E-state index in [2.05, 4.69) is 0 Å². The number of anilines is 1. The molecule has 2 aromatic rings. The van der Waals surface area contributed by atoms with Crippen molar-refractivity contribution in [2.24, 2.45) is 5.92 Å². The number of benzene rings is 2. The lowest BCUT2D eigenvalue weighted by Gasteiger charge is -2.29. The summed E-state index contributed by atoms with van der Waals surface area (Å²) >= 11 is 5.74. The van der Waals surface area contributed by atoms with Crippen molar-refractivity contribution >= 4 is 29.1 Å². The second-order valence-corrected chi connectivity index (χ2v) is 7.66. The van der Waals surface area contributed by atoms with Crippen LogP contribution in [0, 0.1) is 17.6 Å². The number of carbonyl (C=O) groups is 2. The van der Waals surface area contributed by atoms with E-state index in [-0.39, 0.29) is 34.4 Å². The van der Waals surface area contributed by atoms with Gasteiger partial charge in [0.15, 0.2) is 0 Å². The molecule has 3 aliphatic heterocycles. The molecule has 3 aliphatic rings. The maximum absolute atomic E-state index is 13.9. The van der Waals surface area contributed by atoms with E-state index in [0.717, 1.165) is 29.5 Å². The fraction of sp³-hybridized carbons (Fsp3) is 0.300. The molecule has 3 heterocycles. The third-order valence-electron chi connectivity index (χ3n) is 5.78. The number of amides is 2. The highest BCUT2D eigenvalue weighted by Gasteiger charge is 2.62. The Hall–Kier alpha value is -2.35. The van der Waals surface area contributed by atoms with Crippen LogP contribution in [0.25, 0.3) is 0 Å². The van der Waals surface area contributed by atoms with Gasteiger partial charge >= 0.3 is 0 Å². The molecule has 5 nitrogen and oxygen atoms in total. The third kappa shape index (κ3) is 2.43. The molecule has 0 N–H and O–H groups in total. The molecular formula is C20H16ClF2N3O2.